The molecule has 0 radical (unpaired) electrons. The van der Waals surface area contributed by atoms with Crippen LogP contribution in [0.25, 0.3) is 5.69 Å². The van der Waals surface area contributed by atoms with E-state index in [1.54, 1.807) is 6.07 Å². The van der Waals surface area contributed by atoms with Gasteiger partial charge in [-0.2, -0.15) is 5.10 Å². The van der Waals surface area contributed by atoms with Crippen LogP contribution in [0.2, 0.25) is 0 Å². The first kappa shape index (κ1) is 19.0. The summed E-state index contributed by atoms with van der Waals surface area (Å²) in [6.07, 6.45) is 3.83. The lowest BCUT2D eigenvalue weighted by atomic mass is 10.1. The second-order valence-electron chi connectivity index (χ2n) is 6.89. The molecule has 2 heterocycles. The Morgan fingerprint density at radius 2 is 1.66 bits per heavy atom. The predicted molar refractivity (Wildman–Crippen MR) is 115 cm³/mol. The van der Waals surface area contributed by atoms with Gasteiger partial charge in [-0.1, -0.05) is 24.3 Å². The Kier molecular flexibility index (Phi) is 5.72. The molecule has 0 atom stereocenters. The minimum atomic E-state index is -0.237. The van der Waals surface area contributed by atoms with Crippen molar-refractivity contribution in [1.29, 1.82) is 0 Å². The second-order valence-corrected chi connectivity index (χ2v) is 6.89. The van der Waals surface area contributed by atoms with Gasteiger partial charge in [0, 0.05) is 31.2 Å². The summed E-state index contributed by atoms with van der Waals surface area (Å²) in [5, 5.41) is 4.31. The molecule has 0 unspecified atom stereocenters. The molecule has 1 aliphatic heterocycles. The standard InChI is InChI=1S/C23H24N4O2/c1-18(19-8-10-20(11-9-19)26-14-16-29-17-15-26)24-25-23(28)21-6-2-3-7-22(21)27-12-4-5-13-27/h2-13H,14-17H2,1H3,(H,25,28)/b24-18+. The van der Waals surface area contributed by atoms with Crippen molar-refractivity contribution in [3.63, 3.8) is 0 Å². The molecular formula is C23H24N4O2. The van der Waals surface area contributed by atoms with Crippen LogP contribution in [-0.2, 0) is 4.74 Å². The highest BCUT2D eigenvalue weighted by molar-refractivity contribution is 6.02. The van der Waals surface area contributed by atoms with Gasteiger partial charge in [0.05, 0.1) is 30.2 Å². The van der Waals surface area contributed by atoms with Crippen LogP contribution in [0, 0.1) is 0 Å². The van der Waals surface area contributed by atoms with E-state index >= 15 is 0 Å². The Labute approximate surface area is 170 Å². The first-order chi connectivity index (χ1) is 14.2. The maximum absolute atomic E-state index is 12.7. The molecule has 1 N–H and O–H groups in total. The zero-order valence-electron chi connectivity index (χ0n) is 16.4. The largest absolute Gasteiger partial charge is 0.378 e. The molecule has 1 amide bonds. The van der Waals surface area contributed by atoms with Crippen LogP contribution in [-0.4, -0.2) is 42.5 Å². The van der Waals surface area contributed by atoms with Gasteiger partial charge >= 0.3 is 0 Å². The number of hydrogen-bond donors (Lipinski definition) is 1. The highest BCUT2D eigenvalue weighted by atomic mass is 16.5. The smallest absolute Gasteiger partial charge is 0.273 e. The van der Waals surface area contributed by atoms with Crippen LogP contribution < -0.4 is 10.3 Å². The number of hydrazone groups is 1. The predicted octanol–water partition coefficient (Wildman–Crippen LogP) is 3.47. The van der Waals surface area contributed by atoms with Crippen LogP contribution in [0.15, 0.2) is 78.2 Å². The number of amides is 1. The monoisotopic (exact) mass is 388 g/mol. The van der Waals surface area contributed by atoms with Gasteiger partial charge in [-0.25, -0.2) is 5.43 Å². The fraction of sp³-hybridized carbons (Fsp3) is 0.217. The van der Waals surface area contributed by atoms with Crippen LogP contribution in [0.1, 0.15) is 22.8 Å². The lowest BCUT2D eigenvalue weighted by molar-refractivity contribution is 0.0955. The summed E-state index contributed by atoms with van der Waals surface area (Å²) in [6, 6.07) is 19.6. The van der Waals surface area contributed by atoms with Crippen LogP contribution in [0.4, 0.5) is 5.69 Å². The van der Waals surface area contributed by atoms with E-state index in [1.165, 1.54) is 5.69 Å². The second kappa shape index (κ2) is 8.75. The van der Waals surface area contributed by atoms with Gasteiger partial charge < -0.3 is 14.2 Å². The third-order valence-electron chi connectivity index (χ3n) is 5.02. The highest BCUT2D eigenvalue weighted by Crippen LogP contribution is 2.17. The molecule has 6 heteroatoms. The average molecular weight is 388 g/mol. The summed E-state index contributed by atoms with van der Waals surface area (Å²) in [7, 11) is 0. The van der Waals surface area contributed by atoms with Crippen molar-refractivity contribution in [3.05, 3.63) is 84.2 Å². The molecule has 3 aromatic rings. The number of anilines is 1. The van der Waals surface area contributed by atoms with Crippen molar-refractivity contribution >= 4 is 17.3 Å². The quantitative estimate of drug-likeness (QED) is 0.538. The number of hydrogen-bond acceptors (Lipinski definition) is 4. The summed E-state index contributed by atoms with van der Waals surface area (Å²) < 4.78 is 7.32. The van der Waals surface area contributed by atoms with E-state index in [9.17, 15) is 4.79 Å². The van der Waals surface area contributed by atoms with E-state index in [-0.39, 0.29) is 5.91 Å². The van der Waals surface area contributed by atoms with E-state index in [2.05, 4.69) is 27.6 Å². The number of ether oxygens (including phenoxy) is 1. The summed E-state index contributed by atoms with van der Waals surface area (Å²) in [6.45, 7) is 5.23. The molecule has 4 rings (SSSR count). The zero-order chi connectivity index (χ0) is 20.1. The minimum absolute atomic E-state index is 0.237. The molecular weight excluding hydrogens is 364 g/mol. The molecule has 1 saturated heterocycles. The molecule has 1 aromatic heterocycles. The number of rotatable bonds is 5. The van der Waals surface area contributed by atoms with Crippen molar-refractivity contribution in [1.82, 2.24) is 9.99 Å². The van der Waals surface area contributed by atoms with Crippen LogP contribution in [0.3, 0.4) is 0 Å². The Balaban J connectivity index is 1.46. The number of para-hydroxylation sites is 1. The van der Waals surface area contributed by atoms with Crippen LogP contribution in [0.5, 0.6) is 0 Å². The number of nitrogens with zero attached hydrogens (tertiary/aromatic N) is 3. The number of benzene rings is 2. The van der Waals surface area contributed by atoms with Crippen molar-refractivity contribution in [2.75, 3.05) is 31.2 Å². The number of carbonyl (C=O) groups excluding carboxylic acids is 1. The molecule has 2 aromatic carbocycles. The molecule has 1 aliphatic rings. The van der Waals surface area contributed by atoms with Gasteiger partial charge in [0.15, 0.2) is 0 Å². The van der Waals surface area contributed by atoms with Crippen molar-refractivity contribution < 1.29 is 9.53 Å². The summed E-state index contributed by atoms with van der Waals surface area (Å²) in [4.78, 5) is 15.0. The summed E-state index contributed by atoms with van der Waals surface area (Å²) in [5.74, 6) is -0.237. The highest BCUT2D eigenvalue weighted by Gasteiger charge is 2.13. The van der Waals surface area contributed by atoms with Gasteiger partial charge in [-0.15, -0.1) is 0 Å². The van der Waals surface area contributed by atoms with E-state index in [0.717, 1.165) is 43.3 Å². The van der Waals surface area contributed by atoms with E-state index in [0.29, 0.717) is 5.56 Å². The fourth-order valence-corrected chi connectivity index (χ4v) is 3.38. The van der Waals surface area contributed by atoms with Gasteiger partial charge in [-0.3, -0.25) is 4.79 Å². The van der Waals surface area contributed by atoms with Crippen molar-refractivity contribution in [2.24, 2.45) is 5.10 Å². The topological polar surface area (TPSA) is 58.9 Å². The third kappa shape index (κ3) is 4.38. The number of nitrogens with one attached hydrogen (secondary N) is 1. The lowest BCUT2D eigenvalue weighted by Crippen LogP contribution is -2.36. The molecule has 6 nitrogen and oxygen atoms in total. The first-order valence-corrected chi connectivity index (χ1v) is 9.72. The molecule has 29 heavy (non-hydrogen) atoms. The summed E-state index contributed by atoms with van der Waals surface area (Å²) in [5.41, 5.74) is 6.98. The molecule has 148 valence electrons. The Bertz CT molecular complexity index is 988. The minimum Gasteiger partial charge on any atom is -0.378 e. The zero-order valence-corrected chi connectivity index (χ0v) is 16.4. The summed E-state index contributed by atoms with van der Waals surface area (Å²) >= 11 is 0. The van der Waals surface area contributed by atoms with Crippen molar-refractivity contribution in [3.8, 4) is 5.69 Å². The molecule has 0 aliphatic carbocycles. The molecule has 0 saturated carbocycles. The SMILES string of the molecule is C/C(=N\NC(=O)c1ccccc1-n1cccc1)c1ccc(N2CCOCC2)cc1. The maximum Gasteiger partial charge on any atom is 0.273 e. The first-order valence-electron chi connectivity index (χ1n) is 9.72. The Hall–Kier alpha value is -3.38. The molecule has 1 fully saturated rings. The van der Waals surface area contributed by atoms with E-state index < -0.39 is 0 Å². The maximum atomic E-state index is 12.7. The van der Waals surface area contributed by atoms with Gasteiger partial charge in [0.25, 0.3) is 5.91 Å². The van der Waals surface area contributed by atoms with E-state index in [4.69, 9.17) is 4.74 Å². The Morgan fingerprint density at radius 1 is 0.966 bits per heavy atom. The Morgan fingerprint density at radius 3 is 2.38 bits per heavy atom. The number of aromatic nitrogens is 1. The average Bonchev–Trinajstić information content (AvgIpc) is 3.33. The van der Waals surface area contributed by atoms with Gasteiger partial charge in [-0.05, 0) is 48.9 Å². The third-order valence-corrected chi connectivity index (χ3v) is 5.02. The number of morpholine rings is 1. The lowest BCUT2D eigenvalue weighted by Gasteiger charge is -2.28. The molecule has 0 spiro atoms. The normalized spacial score (nSPS) is 14.7. The number of carbonyl (C=O) groups is 1. The van der Waals surface area contributed by atoms with Gasteiger partial charge in [0.2, 0.25) is 0 Å². The molecule has 0 bridgehead atoms. The van der Waals surface area contributed by atoms with E-state index in [1.807, 2.05) is 66.3 Å². The fourth-order valence-electron chi connectivity index (χ4n) is 3.38. The van der Waals surface area contributed by atoms with Crippen LogP contribution >= 0.6 is 0 Å². The van der Waals surface area contributed by atoms with Gasteiger partial charge in [0.1, 0.15) is 0 Å². The van der Waals surface area contributed by atoms with Crippen molar-refractivity contribution in [2.45, 2.75) is 6.92 Å².